The lowest BCUT2D eigenvalue weighted by molar-refractivity contribution is 0.0505. The number of aromatic nitrogens is 2. The van der Waals surface area contributed by atoms with Gasteiger partial charge in [-0.15, -0.1) is 0 Å². The van der Waals surface area contributed by atoms with Gasteiger partial charge in [-0.3, -0.25) is 4.21 Å². The molecule has 1 aliphatic carbocycles. The van der Waals surface area contributed by atoms with Crippen molar-refractivity contribution in [3.05, 3.63) is 36.2 Å². The predicted molar refractivity (Wildman–Crippen MR) is 120 cm³/mol. The highest BCUT2D eigenvalue weighted by Crippen LogP contribution is 2.32. The third-order valence-corrected chi connectivity index (χ3v) is 7.22. The third-order valence-electron chi connectivity index (χ3n) is 5.40. The molecule has 2 fully saturated rings. The Bertz CT molecular complexity index is 970. The van der Waals surface area contributed by atoms with Gasteiger partial charge in [-0.05, 0) is 57.9 Å². The minimum absolute atomic E-state index is 0.0452. The summed E-state index contributed by atoms with van der Waals surface area (Å²) in [6, 6.07) is 7.30. The summed E-state index contributed by atoms with van der Waals surface area (Å²) in [6.45, 7) is 6.70. The molecule has 4 rings (SSSR count). The van der Waals surface area contributed by atoms with E-state index in [-0.39, 0.29) is 18.3 Å². The number of nitrogens with zero attached hydrogens (tertiary/aromatic N) is 3. The van der Waals surface area contributed by atoms with Gasteiger partial charge in [-0.1, -0.05) is 0 Å². The molecule has 0 spiro atoms. The fourth-order valence-corrected chi connectivity index (χ4v) is 4.81. The second-order valence-electron chi connectivity index (χ2n) is 8.42. The normalized spacial score (nSPS) is 17.8. The molecule has 1 saturated heterocycles. The molecule has 1 unspecified atom stereocenters. The number of rotatable bonds is 7. The first kappa shape index (κ1) is 22.5. The fraction of sp³-hybridized carbons (Fsp3) is 0.522. The molecule has 0 bridgehead atoms. The Morgan fingerprint density at radius 2 is 1.72 bits per heavy atom. The molecule has 1 saturated carbocycles. The number of amides is 1. The summed E-state index contributed by atoms with van der Waals surface area (Å²) in [7, 11) is -0.934. The van der Waals surface area contributed by atoms with E-state index < -0.39 is 10.8 Å². The average molecular weight is 460 g/mol. The van der Waals surface area contributed by atoms with E-state index in [0.29, 0.717) is 54.3 Å². The van der Waals surface area contributed by atoms with Gasteiger partial charge in [-0.2, -0.15) is 0 Å². The van der Waals surface area contributed by atoms with Gasteiger partial charge in [0.15, 0.2) is 0 Å². The van der Waals surface area contributed by atoms with Crippen LogP contribution in [0.4, 0.5) is 4.79 Å². The van der Waals surface area contributed by atoms with Crippen LogP contribution < -0.4 is 9.47 Å². The summed E-state index contributed by atoms with van der Waals surface area (Å²) in [5.74, 6) is 1.51. The average Bonchev–Trinajstić information content (AvgIpc) is 3.62. The van der Waals surface area contributed by atoms with E-state index in [1.807, 2.05) is 45.0 Å². The lowest BCUT2D eigenvalue weighted by atomic mass is 10.1. The minimum Gasteiger partial charge on any atom is -0.474 e. The molecule has 1 aromatic heterocycles. The van der Waals surface area contributed by atoms with Gasteiger partial charge >= 0.3 is 6.09 Å². The van der Waals surface area contributed by atoms with E-state index in [9.17, 15) is 9.00 Å². The van der Waals surface area contributed by atoms with E-state index in [2.05, 4.69) is 9.97 Å². The minimum atomic E-state index is -0.934. The number of hydrogen-bond donors (Lipinski definition) is 0. The van der Waals surface area contributed by atoms with Crippen molar-refractivity contribution < 1.29 is 23.2 Å². The first-order valence-electron chi connectivity index (χ1n) is 11.0. The molecule has 32 heavy (non-hydrogen) atoms. The maximum Gasteiger partial charge on any atom is 0.410 e. The van der Waals surface area contributed by atoms with Crippen molar-refractivity contribution in [1.82, 2.24) is 14.9 Å². The van der Waals surface area contributed by atoms with E-state index in [1.54, 1.807) is 4.90 Å². The summed E-state index contributed by atoms with van der Waals surface area (Å²) < 4.78 is 29.6. The van der Waals surface area contributed by atoms with E-state index >= 15 is 0 Å². The van der Waals surface area contributed by atoms with E-state index in [1.165, 1.54) is 6.33 Å². The molecule has 2 aliphatic rings. The van der Waals surface area contributed by atoms with Crippen LogP contribution in [0, 0.1) is 6.92 Å². The summed E-state index contributed by atoms with van der Waals surface area (Å²) >= 11 is 0. The summed E-state index contributed by atoms with van der Waals surface area (Å²) in [6.07, 6.45) is 4.44. The van der Waals surface area contributed by atoms with Crippen LogP contribution in [0.3, 0.4) is 0 Å². The van der Waals surface area contributed by atoms with Crippen molar-refractivity contribution in [3.8, 4) is 17.5 Å². The summed E-state index contributed by atoms with van der Waals surface area (Å²) in [5, 5.41) is 0.304. The monoisotopic (exact) mass is 459 g/mol. The van der Waals surface area contributed by atoms with Gasteiger partial charge in [0.25, 0.3) is 0 Å². The molecule has 1 amide bonds. The van der Waals surface area contributed by atoms with Crippen LogP contribution in [0.2, 0.25) is 0 Å². The maximum atomic E-state index is 12.3. The van der Waals surface area contributed by atoms with Crippen LogP contribution in [0.1, 0.15) is 45.1 Å². The van der Waals surface area contributed by atoms with Crippen molar-refractivity contribution in [2.75, 3.05) is 13.1 Å². The van der Waals surface area contributed by atoms with Crippen molar-refractivity contribution >= 4 is 16.9 Å². The highest BCUT2D eigenvalue weighted by Gasteiger charge is 2.29. The van der Waals surface area contributed by atoms with Crippen molar-refractivity contribution in [3.63, 3.8) is 0 Å². The van der Waals surface area contributed by atoms with Crippen LogP contribution in [0.15, 0.2) is 35.5 Å². The topological polar surface area (TPSA) is 90.9 Å². The van der Waals surface area contributed by atoms with Crippen molar-refractivity contribution in [2.24, 2.45) is 0 Å². The first-order chi connectivity index (χ1) is 15.4. The van der Waals surface area contributed by atoms with Crippen LogP contribution in [0.25, 0.3) is 0 Å². The molecular formula is C23H29N3O5S. The van der Waals surface area contributed by atoms with Crippen LogP contribution >= 0.6 is 0 Å². The summed E-state index contributed by atoms with van der Waals surface area (Å²) in [4.78, 5) is 23.1. The molecule has 1 atom stereocenters. The largest absolute Gasteiger partial charge is 0.474 e. The zero-order valence-corrected chi connectivity index (χ0v) is 19.5. The second kappa shape index (κ2) is 9.85. The van der Waals surface area contributed by atoms with Gasteiger partial charge in [0.1, 0.15) is 18.2 Å². The highest BCUT2D eigenvalue weighted by atomic mass is 32.2. The number of carbonyl (C=O) groups excluding carboxylic acids is 1. The smallest absolute Gasteiger partial charge is 0.410 e. The number of hydrogen-bond acceptors (Lipinski definition) is 7. The molecular weight excluding hydrogens is 430 g/mol. The maximum absolute atomic E-state index is 12.3. The Hall–Kier alpha value is -2.68. The van der Waals surface area contributed by atoms with E-state index in [0.717, 1.165) is 17.7 Å². The SMILES string of the molecule is Cc1c(Oc2ccc(S(=O)C3CC3)cc2)ncnc1OC1CCN(C(=O)OC(C)C)CC1. The Morgan fingerprint density at radius 3 is 2.34 bits per heavy atom. The molecule has 1 aliphatic heterocycles. The Labute approximate surface area is 190 Å². The van der Waals surface area contributed by atoms with Crippen molar-refractivity contribution in [2.45, 2.75) is 68.8 Å². The number of ether oxygens (including phenoxy) is 3. The molecule has 2 heterocycles. The highest BCUT2D eigenvalue weighted by molar-refractivity contribution is 7.86. The molecule has 172 valence electrons. The lowest BCUT2D eigenvalue weighted by Crippen LogP contribution is -2.42. The molecule has 0 radical (unpaired) electrons. The van der Waals surface area contributed by atoms with Gasteiger partial charge in [0, 0.05) is 36.1 Å². The zero-order valence-electron chi connectivity index (χ0n) is 18.7. The Kier molecular flexibility index (Phi) is 6.93. The predicted octanol–water partition coefficient (Wildman–Crippen LogP) is 4.24. The molecule has 2 aromatic rings. The van der Waals surface area contributed by atoms with Crippen LogP contribution in [-0.4, -0.2) is 55.7 Å². The summed E-state index contributed by atoms with van der Waals surface area (Å²) in [5.41, 5.74) is 0.708. The molecule has 8 nitrogen and oxygen atoms in total. The standard InChI is InChI=1S/C23H29N3O5S/c1-15(2)29-23(27)26-12-10-18(11-13-26)31-22-16(3)21(24-14-25-22)30-17-4-6-19(7-5-17)32(28)20-8-9-20/h4-7,14-15,18,20H,8-13H2,1-3H3. The third kappa shape index (κ3) is 5.56. The number of carbonyl (C=O) groups is 1. The Morgan fingerprint density at radius 1 is 1.06 bits per heavy atom. The van der Waals surface area contributed by atoms with Gasteiger partial charge in [-0.25, -0.2) is 14.8 Å². The number of likely N-dealkylation sites (tertiary alicyclic amines) is 1. The van der Waals surface area contributed by atoms with Gasteiger partial charge in [0.2, 0.25) is 11.8 Å². The molecule has 0 N–H and O–H groups in total. The Balaban J connectivity index is 1.35. The van der Waals surface area contributed by atoms with Crippen LogP contribution in [0.5, 0.6) is 17.5 Å². The number of piperidine rings is 1. The second-order valence-corrected chi connectivity index (χ2v) is 10.1. The fourth-order valence-electron chi connectivity index (χ4n) is 3.46. The molecule has 1 aromatic carbocycles. The quantitative estimate of drug-likeness (QED) is 0.612. The van der Waals surface area contributed by atoms with Crippen molar-refractivity contribution in [1.29, 1.82) is 0 Å². The van der Waals surface area contributed by atoms with E-state index in [4.69, 9.17) is 14.2 Å². The van der Waals surface area contributed by atoms with Crippen LogP contribution in [-0.2, 0) is 15.5 Å². The van der Waals surface area contributed by atoms with Gasteiger partial charge < -0.3 is 19.1 Å². The number of benzene rings is 1. The lowest BCUT2D eigenvalue weighted by Gasteiger charge is -2.31. The first-order valence-corrected chi connectivity index (χ1v) is 12.2. The van der Waals surface area contributed by atoms with Gasteiger partial charge in [0.05, 0.1) is 22.5 Å². The molecule has 9 heteroatoms. The zero-order chi connectivity index (χ0) is 22.7.